The van der Waals surface area contributed by atoms with Crippen LogP contribution in [-0.4, -0.2) is 40.9 Å². The molecule has 1 aromatic rings. The second-order valence-electron chi connectivity index (χ2n) is 2.94. The largest absolute Gasteiger partial charge is 0.405 e. The fraction of sp³-hybridized carbons (Fsp3) is 0.500. The van der Waals surface area contributed by atoms with E-state index < -0.39 is 19.3 Å². The van der Waals surface area contributed by atoms with Crippen LogP contribution in [0.4, 0.5) is 19.0 Å². The molecule has 0 spiro atoms. The first-order valence-corrected chi connectivity index (χ1v) is 4.71. The van der Waals surface area contributed by atoms with Crippen LogP contribution in [0, 0.1) is 0 Å². The fourth-order valence-electron chi connectivity index (χ4n) is 1.11. The normalized spacial score (nSPS) is 11.6. The Morgan fingerprint density at radius 1 is 1.44 bits per heavy atom. The number of hydrogen-bond acceptors (Lipinski definition) is 4. The number of aliphatic hydroxyl groups excluding tert-OH is 1. The van der Waals surface area contributed by atoms with Gasteiger partial charge in [-0.15, -0.1) is 0 Å². The van der Waals surface area contributed by atoms with Crippen molar-refractivity contribution in [3.05, 3.63) is 17.5 Å². The number of nitrogens with zero attached hydrogens (tertiary/aromatic N) is 3. The first-order chi connectivity index (χ1) is 7.42. The molecule has 0 aromatic carbocycles. The molecule has 0 saturated carbocycles. The molecule has 8 heteroatoms. The monoisotopic (exact) mass is 255 g/mol. The maximum atomic E-state index is 12.2. The molecule has 1 heterocycles. The molecule has 0 fully saturated rings. The van der Waals surface area contributed by atoms with Crippen LogP contribution in [0.15, 0.2) is 12.3 Å². The molecule has 1 aromatic heterocycles. The minimum atomic E-state index is -4.37. The van der Waals surface area contributed by atoms with E-state index in [1.807, 2.05) is 0 Å². The molecule has 1 rings (SSSR count). The Labute approximate surface area is 94.7 Å². The van der Waals surface area contributed by atoms with Crippen LogP contribution in [0.25, 0.3) is 0 Å². The molecule has 0 bridgehead atoms. The summed E-state index contributed by atoms with van der Waals surface area (Å²) in [5, 5.41) is 8.54. The van der Waals surface area contributed by atoms with E-state index in [2.05, 4.69) is 9.97 Å². The first-order valence-electron chi connectivity index (χ1n) is 4.33. The zero-order valence-electron chi connectivity index (χ0n) is 8.08. The predicted octanol–water partition coefficient (Wildman–Crippen LogP) is 1.49. The van der Waals surface area contributed by atoms with Crippen molar-refractivity contribution in [2.24, 2.45) is 0 Å². The van der Waals surface area contributed by atoms with Crippen molar-refractivity contribution >= 4 is 17.4 Å². The molecule has 4 nitrogen and oxygen atoms in total. The van der Waals surface area contributed by atoms with E-state index in [4.69, 9.17) is 16.7 Å². The summed E-state index contributed by atoms with van der Waals surface area (Å²) in [6.07, 6.45) is -3.11. The van der Waals surface area contributed by atoms with Crippen LogP contribution >= 0.6 is 11.6 Å². The molecule has 0 aliphatic carbocycles. The Morgan fingerprint density at radius 2 is 2.12 bits per heavy atom. The minimum Gasteiger partial charge on any atom is -0.395 e. The summed E-state index contributed by atoms with van der Waals surface area (Å²) < 4.78 is 36.6. The molecule has 0 amide bonds. The summed E-state index contributed by atoms with van der Waals surface area (Å²) in [4.78, 5) is 8.09. The van der Waals surface area contributed by atoms with Crippen molar-refractivity contribution in [1.82, 2.24) is 9.97 Å². The Kier molecular flexibility index (Phi) is 4.31. The Hall–Kier alpha value is -1.08. The van der Waals surface area contributed by atoms with Gasteiger partial charge in [0.25, 0.3) is 0 Å². The summed E-state index contributed by atoms with van der Waals surface area (Å²) in [7, 11) is 0. The van der Waals surface area contributed by atoms with Gasteiger partial charge in [0.15, 0.2) is 0 Å². The highest BCUT2D eigenvalue weighted by Gasteiger charge is 2.31. The van der Waals surface area contributed by atoms with Gasteiger partial charge in [-0.3, -0.25) is 0 Å². The summed E-state index contributed by atoms with van der Waals surface area (Å²) in [5.41, 5.74) is 0. The van der Waals surface area contributed by atoms with Crippen LogP contribution in [0.5, 0.6) is 0 Å². The van der Waals surface area contributed by atoms with Gasteiger partial charge in [0.05, 0.1) is 6.61 Å². The maximum absolute atomic E-state index is 12.2. The molecule has 0 aliphatic heterocycles. The van der Waals surface area contributed by atoms with Crippen molar-refractivity contribution in [3.63, 3.8) is 0 Å². The smallest absolute Gasteiger partial charge is 0.395 e. The topological polar surface area (TPSA) is 49.2 Å². The van der Waals surface area contributed by atoms with E-state index in [1.54, 1.807) is 0 Å². The third kappa shape index (κ3) is 4.19. The highest BCUT2D eigenvalue weighted by molar-refractivity contribution is 6.28. The number of alkyl halides is 3. The van der Waals surface area contributed by atoms with E-state index in [1.165, 1.54) is 12.3 Å². The van der Waals surface area contributed by atoms with Gasteiger partial charge in [0, 0.05) is 12.7 Å². The van der Waals surface area contributed by atoms with E-state index in [0.29, 0.717) is 0 Å². The van der Waals surface area contributed by atoms with Gasteiger partial charge in [-0.2, -0.15) is 13.2 Å². The third-order valence-corrected chi connectivity index (χ3v) is 1.86. The first kappa shape index (κ1) is 13.0. The van der Waals surface area contributed by atoms with Crippen molar-refractivity contribution in [3.8, 4) is 0 Å². The zero-order chi connectivity index (χ0) is 12.2. The van der Waals surface area contributed by atoms with Crippen LogP contribution in [0.3, 0.4) is 0 Å². The number of rotatable bonds is 4. The third-order valence-electron chi connectivity index (χ3n) is 1.68. The molecule has 16 heavy (non-hydrogen) atoms. The minimum absolute atomic E-state index is 0.0337. The summed E-state index contributed by atoms with van der Waals surface area (Å²) in [6.45, 7) is -1.77. The van der Waals surface area contributed by atoms with Crippen molar-refractivity contribution in [1.29, 1.82) is 0 Å². The highest BCUT2D eigenvalue weighted by atomic mass is 35.5. The average molecular weight is 256 g/mol. The van der Waals surface area contributed by atoms with Crippen molar-refractivity contribution < 1.29 is 18.3 Å². The van der Waals surface area contributed by atoms with Gasteiger partial charge < -0.3 is 10.0 Å². The molecular formula is C8H9ClF3N3O. The summed E-state index contributed by atoms with van der Waals surface area (Å²) in [6, 6.07) is 1.30. The van der Waals surface area contributed by atoms with Gasteiger partial charge in [-0.25, -0.2) is 9.97 Å². The fourth-order valence-corrected chi connectivity index (χ4v) is 1.26. The number of aliphatic hydroxyl groups is 1. The van der Waals surface area contributed by atoms with Crippen LogP contribution in [0.2, 0.25) is 5.28 Å². The lowest BCUT2D eigenvalue weighted by Gasteiger charge is -2.23. The molecular weight excluding hydrogens is 247 g/mol. The van der Waals surface area contributed by atoms with E-state index >= 15 is 0 Å². The van der Waals surface area contributed by atoms with Crippen LogP contribution in [-0.2, 0) is 0 Å². The van der Waals surface area contributed by atoms with Gasteiger partial charge in [-0.1, -0.05) is 0 Å². The molecule has 0 atom stereocenters. The summed E-state index contributed by atoms with van der Waals surface area (Å²) in [5.74, 6) is 0.0337. The molecule has 0 saturated heterocycles. The highest BCUT2D eigenvalue weighted by Crippen LogP contribution is 2.20. The van der Waals surface area contributed by atoms with E-state index in [0.717, 1.165) is 4.90 Å². The molecule has 0 aliphatic rings. The standard InChI is InChI=1S/C8H9ClF3N3O/c9-7-13-2-1-6(14-7)15(3-4-16)5-8(10,11)12/h1-2,16H,3-5H2. The molecule has 0 radical (unpaired) electrons. The van der Waals surface area contributed by atoms with Gasteiger partial charge >= 0.3 is 6.18 Å². The van der Waals surface area contributed by atoms with Crippen LogP contribution < -0.4 is 4.90 Å². The SMILES string of the molecule is OCCN(CC(F)(F)F)c1ccnc(Cl)n1. The molecule has 1 N–H and O–H groups in total. The second-order valence-corrected chi connectivity index (χ2v) is 3.28. The number of hydrogen-bond donors (Lipinski definition) is 1. The Balaban J connectivity index is 2.85. The molecule has 0 unspecified atom stereocenters. The quantitative estimate of drug-likeness (QED) is 0.829. The van der Waals surface area contributed by atoms with E-state index in [-0.39, 0.29) is 17.6 Å². The van der Waals surface area contributed by atoms with Gasteiger partial charge in [0.1, 0.15) is 12.4 Å². The lowest BCUT2D eigenvalue weighted by Crippen LogP contribution is -2.36. The number of anilines is 1. The lowest BCUT2D eigenvalue weighted by molar-refractivity contribution is -0.120. The van der Waals surface area contributed by atoms with Crippen molar-refractivity contribution in [2.75, 3.05) is 24.6 Å². The average Bonchev–Trinajstić information content (AvgIpc) is 2.15. The van der Waals surface area contributed by atoms with Gasteiger partial charge in [-0.05, 0) is 17.7 Å². The Morgan fingerprint density at radius 3 is 2.62 bits per heavy atom. The molecule has 90 valence electrons. The van der Waals surface area contributed by atoms with Gasteiger partial charge in [0.2, 0.25) is 5.28 Å². The van der Waals surface area contributed by atoms with E-state index in [9.17, 15) is 13.2 Å². The Bertz CT molecular complexity index is 348. The zero-order valence-corrected chi connectivity index (χ0v) is 8.83. The lowest BCUT2D eigenvalue weighted by atomic mass is 10.4. The predicted molar refractivity (Wildman–Crippen MR) is 52.4 cm³/mol. The number of halogens is 4. The summed E-state index contributed by atoms with van der Waals surface area (Å²) >= 11 is 5.47. The van der Waals surface area contributed by atoms with Crippen LogP contribution in [0.1, 0.15) is 0 Å². The number of aromatic nitrogens is 2. The van der Waals surface area contributed by atoms with Crippen molar-refractivity contribution in [2.45, 2.75) is 6.18 Å². The maximum Gasteiger partial charge on any atom is 0.405 e. The second kappa shape index (κ2) is 5.31.